The van der Waals surface area contributed by atoms with Crippen molar-refractivity contribution in [2.24, 2.45) is 0 Å². The molecule has 462 valence electrons. The summed E-state index contributed by atoms with van der Waals surface area (Å²) in [5.74, 6) is -2.16. The van der Waals surface area contributed by atoms with Crippen LogP contribution in [0.1, 0.15) is 297 Å². The molecule has 0 aliphatic rings. The van der Waals surface area contributed by atoms with Gasteiger partial charge in [0.1, 0.15) is 19.3 Å². The maximum Gasteiger partial charge on any atom is 0.472 e. The van der Waals surface area contributed by atoms with Crippen molar-refractivity contribution in [2.75, 3.05) is 39.6 Å². The number of phosphoric ester groups is 2. The first kappa shape index (κ1) is 76.1. The van der Waals surface area contributed by atoms with E-state index in [1.54, 1.807) is 0 Å². The zero-order valence-electron chi connectivity index (χ0n) is 49.6. The van der Waals surface area contributed by atoms with Crippen LogP contribution in [-0.4, -0.2) is 96.7 Å². The molecule has 0 radical (unpaired) electrons. The van der Waals surface area contributed by atoms with Crippen LogP contribution in [0.25, 0.3) is 0 Å². The molecule has 0 saturated carbocycles. The number of phosphoric acid groups is 2. The Bertz CT molecular complexity index is 1520. The van der Waals surface area contributed by atoms with Gasteiger partial charge in [0.05, 0.1) is 26.4 Å². The van der Waals surface area contributed by atoms with Crippen LogP contribution in [0.15, 0.2) is 0 Å². The van der Waals surface area contributed by atoms with Gasteiger partial charge in [0.15, 0.2) is 12.2 Å². The largest absolute Gasteiger partial charge is 0.472 e. The molecule has 0 amide bonds. The van der Waals surface area contributed by atoms with Gasteiger partial charge in [-0.3, -0.25) is 37.3 Å². The van der Waals surface area contributed by atoms with E-state index >= 15 is 0 Å². The smallest absolute Gasteiger partial charge is 0.462 e. The first-order chi connectivity index (χ1) is 37.7. The Morgan fingerprint density at radius 1 is 0.308 bits per heavy atom. The van der Waals surface area contributed by atoms with Crippen molar-refractivity contribution in [3.8, 4) is 0 Å². The Labute approximate surface area is 473 Å². The summed E-state index contributed by atoms with van der Waals surface area (Å²) < 4.78 is 67.4. The van der Waals surface area contributed by atoms with Crippen molar-refractivity contribution in [1.29, 1.82) is 0 Å². The van der Waals surface area contributed by atoms with Crippen LogP contribution in [-0.2, 0) is 65.4 Å². The molecule has 19 heteroatoms. The highest BCUT2D eigenvalue weighted by Gasteiger charge is 2.30. The maximum absolute atomic E-state index is 12.9. The van der Waals surface area contributed by atoms with Crippen LogP contribution in [0.5, 0.6) is 0 Å². The Morgan fingerprint density at radius 3 is 0.756 bits per heavy atom. The number of hydrogen-bond donors (Lipinski definition) is 3. The zero-order valence-corrected chi connectivity index (χ0v) is 51.4. The Kier molecular flexibility index (Phi) is 53.0. The molecule has 0 aromatic rings. The van der Waals surface area contributed by atoms with Gasteiger partial charge in [0.25, 0.3) is 0 Å². The molecule has 0 bridgehead atoms. The summed E-state index contributed by atoms with van der Waals surface area (Å²) in [6.45, 7) is 4.68. The fourth-order valence-electron chi connectivity index (χ4n) is 8.75. The number of carbonyl (C=O) groups excluding carboxylic acids is 4. The number of unbranched alkanes of at least 4 members (excludes halogenated alkanes) is 34. The van der Waals surface area contributed by atoms with E-state index in [1.165, 1.54) is 122 Å². The maximum atomic E-state index is 12.9. The molecular formula is C59H114O17P2. The summed E-state index contributed by atoms with van der Waals surface area (Å²) in [7, 11) is -9.86. The van der Waals surface area contributed by atoms with E-state index < -0.39 is 97.5 Å². The van der Waals surface area contributed by atoms with Crippen LogP contribution in [0.4, 0.5) is 0 Å². The summed E-state index contributed by atoms with van der Waals surface area (Å²) in [4.78, 5) is 71.5. The van der Waals surface area contributed by atoms with Gasteiger partial charge in [-0.25, -0.2) is 9.13 Å². The summed E-state index contributed by atoms with van der Waals surface area (Å²) in [5, 5.41) is 10.5. The third-order valence-electron chi connectivity index (χ3n) is 13.6. The minimum Gasteiger partial charge on any atom is -0.462 e. The highest BCUT2D eigenvalue weighted by atomic mass is 31.2. The van der Waals surface area contributed by atoms with Gasteiger partial charge >= 0.3 is 39.5 Å². The number of esters is 4. The lowest BCUT2D eigenvalue weighted by molar-refractivity contribution is -0.161. The van der Waals surface area contributed by atoms with E-state index in [4.69, 9.17) is 37.0 Å². The van der Waals surface area contributed by atoms with Crippen molar-refractivity contribution < 1.29 is 80.2 Å². The summed E-state index contributed by atoms with van der Waals surface area (Å²) in [5.41, 5.74) is 0. The quantitative estimate of drug-likeness (QED) is 0.0222. The molecule has 0 rings (SSSR count). The predicted molar refractivity (Wildman–Crippen MR) is 308 cm³/mol. The standard InChI is InChI=1S/C59H114O17P2/c1-5-9-13-17-19-21-23-25-27-29-31-33-37-40-44-57(62)70-50-55(76-59(64)46-42-38-34-32-30-28-26-24-22-20-18-14-10-6-2)52-74-78(67,68)72-48-53(60)47-71-77(65,66)73-51-54(75-58(63)45-41-36-16-12-8-4)49-69-56(61)43-39-35-15-11-7-3/h53-55,60H,5-52H2,1-4H3,(H,65,66)(H,67,68)/t53-,54+,55+/m0/s1. The summed E-state index contributed by atoms with van der Waals surface area (Å²) in [6, 6.07) is 0. The average Bonchev–Trinajstić information content (AvgIpc) is 3.41. The van der Waals surface area contributed by atoms with E-state index in [1.807, 2.05) is 0 Å². The minimum absolute atomic E-state index is 0.0991. The van der Waals surface area contributed by atoms with Crippen molar-refractivity contribution >= 4 is 39.5 Å². The lowest BCUT2D eigenvalue weighted by Gasteiger charge is -2.21. The second-order valence-electron chi connectivity index (χ2n) is 21.4. The fraction of sp³-hybridized carbons (Fsp3) is 0.932. The predicted octanol–water partition coefficient (Wildman–Crippen LogP) is 16.0. The van der Waals surface area contributed by atoms with Crippen molar-refractivity contribution in [2.45, 2.75) is 316 Å². The highest BCUT2D eigenvalue weighted by molar-refractivity contribution is 7.47. The molecule has 0 aliphatic carbocycles. The SMILES string of the molecule is CCCCCCCCCCCCCCCCC(=O)OC[C@H](COP(=O)(O)OC[C@@H](O)COP(=O)(O)OC[C@@H](COC(=O)CCCCCCC)OC(=O)CCCCCCC)OC(=O)CCCCCCCCCCCCCCCC. The van der Waals surface area contributed by atoms with Crippen LogP contribution >= 0.6 is 15.6 Å². The molecule has 0 aromatic heterocycles. The Morgan fingerprint density at radius 2 is 0.513 bits per heavy atom. The molecule has 0 heterocycles. The van der Waals surface area contributed by atoms with Gasteiger partial charge in [-0.05, 0) is 25.7 Å². The second kappa shape index (κ2) is 54.3. The number of aliphatic hydroxyl groups is 1. The number of carbonyl (C=O) groups is 4. The number of ether oxygens (including phenoxy) is 4. The zero-order chi connectivity index (χ0) is 57.6. The first-order valence-electron chi connectivity index (χ1n) is 31.3. The molecule has 78 heavy (non-hydrogen) atoms. The third-order valence-corrected chi connectivity index (χ3v) is 15.5. The molecular weight excluding hydrogens is 1040 g/mol. The topological polar surface area (TPSA) is 237 Å². The van der Waals surface area contributed by atoms with Crippen LogP contribution in [0.2, 0.25) is 0 Å². The normalized spacial score (nSPS) is 14.3. The van der Waals surface area contributed by atoms with E-state index in [-0.39, 0.29) is 25.7 Å². The summed E-state index contributed by atoms with van der Waals surface area (Å²) >= 11 is 0. The monoisotopic (exact) mass is 1160 g/mol. The van der Waals surface area contributed by atoms with Crippen LogP contribution < -0.4 is 0 Å². The lowest BCUT2D eigenvalue weighted by Crippen LogP contribution is -2.30. The molecule has 17 nitrogen and oxygen atoms in total. The number of rotatable bonds is 60. The van der Waals surface area contributed by atoms with Gasteiger partial charge in [0.2, 0.25) is 0 Å². The molecule has 0 fully saturated rings. The van der Waals surface area contributed by atoms with Crippen molar-refractivity contribution in [3.63, 3.8) is 0 Å². The van der Waals surface area contributed by atoms with Crippen molar-refractivity contribution in [3.05, 3.63) is 0 Å². The fourth-order valence-corrected chi connectivity index (χ4v) is 10.3. The van der Waals surface area contributed by atoms with Crippen molar-refractivity contribution in [1.82, 2.24) is 0 Å². The molecule has 5 atom stereocenters. The lowest BCUT2D eigenvalue weighted by atomic mass is 10.0. The van der Waals surface area contributed by atoms with Gasteiger partial charge in [0, 0.05) is 25.7 Å². The van der Waals surface area contributed by atoms with Crippen LogP contribution in [0.3, 0.4) is 0 Å². The number of hydrogen-bond acceptors (Lipinski definition) is 15. The van der Waals surface area contributed by atoms with Gasteiger partial charge in [-0.15, -0.1) is 0 Å². The van der Waals surface area contributed by atoms with Crippen LogP contribution in [0, 0.1) is 0 Å². The Balaban J connectivity index is 5.12. The molecule has 0 aromatic carbocycles. The minimum atomic E-state index is -4.94. The van der Waals surface area contributed by atoms with E-state index in [0.717, 1.165) is 96.3 Å². The second-order valence-corrected chi connectivity index (χ2v) is 24.3. The van der Waals surface area contributed by atoms with Gasteiger partial charge in [-0.1, -0.05) is 246 Å². The molecule has 0 spiro atoms. The highest BCUT2D eigenvalue weighted by Crippen LogP contribution is 2.45. The molecule has 0 saturated heterocycles. The van der Waals surface area contributed by atoms with E-state index in [9.17, 15) is 43.2 Å². The van der Waals surface area contributed by atoms with Gasteiger partial charge in [-0.2, -0.15) is 0 Å². The molecule has 2 unspecified atom stereocenters. The average molecular weight is 1160 g/mol. The van der Waals surface area contributed by atoms with Gasteiger partial charge < -0.3 is 33.8 Å². The third kappa shape index (κ3) is 53.4. The summed E-state index contributed by atoms with van der Waals surface area (Å²) in [6.07, 6.45) is 38.3. The van der Waals surface area contributed by atoms with E-state index in [0.29, 0.717) is 25.7 Å². The number of aliphatic hydroxyl groups excluding tert-OH is 1. The molecule has 3 N–H and O–H groups in total. The van der Waals surface area contributed by atoms with E-state index in [2.05, 4.69) is 27.7 Å². The molecule has 0 aliphatic heterocycles. The first-order valence-corrected chi connectivity index (χ1v) is 34.3. The Hall–Kier alpha value is -1.94.